The van der Waals surface area contributed by atoms with E-state index in [2.05, 4.69) is 29.2 Å². The van der Waals surface area contributed by atoms with Gasteiger partial charge in [-0.25, -0.2) is 9.07 Å². The monoisotopic (exact) mass is 502 g/mol. The molecule has 5 nitrogen and oxygen atoms in total. The number of halogens is 3. The number of carbonyl (C=O) groups excluding carboxylic acids is 1. The van der Waals surface area contributed by atoms with Gasteiger partial charge in [0.2, 0.25) is 11.1 Å². The summed E-state index contributed by atoms with van der Waals surface area (Å²) < 4.78 is 15.8. The topological polar surface area (TPSA) is 59.8 Å². The van der Waals surface area contributed by atoms with E-state index in [0.29, 0.717) is 50.9 Å². The Kier molecular flexibility index (Phi) is 5.75. The molecule has 33 heavy (non-hydrogen) atoms. The molecule has 2 aliphatic rings. The van der Waals surface area contributed by atoms with Crippen molar-refractivity contribution >= 4 is 46.7 Å². The molecule has 0 spiro atoms. The molecule has 0 bridgehead atoms. The van der Waals surface area contributed by atoms with Crippen LogP contribution in [0.5, 0.6) is 0 Å². The standard InChI is InChI=1S/C24H21Cl2FN4OS/c1-24(2)10-18-20(19(32)11-24)21(15-8-7-14(25)9-16(15)26)31-22(28-18)29-23(30-31)33-12-13-5-3-4-6-17(13)27/h3-9,21H,10-12H2,1-2H3,(H,28,29,30)/t21-/m0/s1. The maximum atomic E-state index is 14.1. The number of anilines is 1. The second kappa shape index (κ2) is 8.46. The summed E-state index contributed by atoms with van der Waals surface area (Å²) >= 11 is 14.1. The third-order valence-corrected chi connectivity index (χ3v) is 7.33. The number of hydrogen-bond donors (Lipinski definition) is 1. The van der Waals surface area contributed by atoms with Gasteiger partial charge in [0.1, 0.15) is 11.9 Å². The average Bonchev–Trinajstić information content (AvgIpc) is 3.13. The van der Waals surface area contributed by atoms with Crippen LogP contribution in [-0.2, 0) is 10.5 Å². The van der Waals surface area contributed by atoms with E-state index < -0.39 is 6.04 Å². The van der Waals surface area contributed by atoms with Crippen LogP contribution in [0, 0.1) is 11.2 Å². The summed E-state index contributed by atoms with van der Waals surface area (Å²) in [4.78, 5) is 17.9. The van der Waals surface area contributed by atoms with Gasteiger partial charge in [0.15, 0.2) is 5.78 Å². The third kappa shape index (κ3) is 4.29. The molecule has 1 aliphatic heterocycles. The van der Waals surface area contributed by atoms with Crippen molar-refractivity contribution < 1.29 is 9.18 Å². The number of rotatable bonds is 4. The number of benzene rings is 2. The lowest BCUT2D eigenvalue weighted by Gasteiger charge is -2.38. The van der Waals surface area contributed by atoms with Crippen molar-refractivity contribution in [2.45, 2.75) is 43.6 Å². The number of aromatic nitrogens is 3. The second-order valence-electron chi connectivity index (χ2n) is 9.07. The smallest absolute Gasteiger partial charge is 0.227 e. The minimum absolute atomic E-state index is 0.0616. The van der Waals surface area contributed by atoms with Crippen molar-refractivity contribution in [3.8, 4) is 0 Å². The van der Waals surface area contributed by atoms with Crippen LogP contribution in [-0.4, -0.2) is 20.5 Å². The minimum Gasteiger partial charge on any atom is -0.328 e. The number of thioether (sulfide) groups is 1. The first-order chi connectivity index (χ1) is 15.7. The molecule has 1 aromatic heterocycles. The molecule has 0 saturated heterocycles. The molecule has 9 heteroatoms. The molecule has 0 fully saturated rings. The van der Waals surface area contributed by atoms with Gasteiger partial charge in [-0.2, -0.15) is 4.98 Å². The molecule has 0 amide bonds. The van der Waals surface area contributed by atoms with Gasteiger partial charge in [0, 0.05) is 39.1 Å². The SMILES string of the molecule is CC1(C)CC(=O)C2=C(C1)Nc1nc(SCc3ccccc3F)nn1[C@H]2c1ccc(Cl)cc1Cl. The van der Waals surface area contributed by atoms with Crippen molar-refractivity contribution in [3.05, 3.63) is 80.7 Å². The van der Waals surface area contributed by atoms with Gasteiger partial charge in [-0.15, -0.1) is 5.10 Å². The lowest BCUT2D eigenvalue weighted by atomic mass is 9.73. The minimum atomic E-state index is -0.514. The molecule has 0 radical (unpaired) electrons. The Labute approximate surface area is 205 Å². The number of Topliss-reactive ketones (excluding diaryl/α,β-unsaturated/α-hetero) is 1. The zero-order chi connectivity index (χ0) is 23.3. The summed E-state index contributed by atoms with van der Waals surface area (Å²) in [6.45, 7) is 4.16. The Bertz CT molecular complexity index is 1300. The molecule has 170 valence electrons. The zero-order valence-electron chi connectivity index (χ0n) is 18.0. The van der Waals surface area contributed by atoms with Crippen LogP contribution in [0.4, 0.5) is 10.3 Å². The van der Waals surface area contributed by atoms with E-state index in [1.165, 1.54) is 17.8 Å². The zero-order valence-corrected chi connectivity index (χ0v) is 20.4. The maximum Gasteiger partial charge on any atom is 0.227 e. The summed E-state index contributed by atoms with van der Waals surface area (Å²) in [5.74, 6) is 0.724. The van der Waals surface area contributed by atoms with E-state index in [1.54, 1.807) is 35.0 Å². The Morgan fingerprint density at radius 1 is 1.21 bits per heavy atom. The van der Waals surface area contributed by atoms with Crippen LogP contribution in [0.2, 0.25) is 10.0 Å². The number of hydrogen-bond acceptors (Lipinski definition) is 5. The number of fused-ring (bicyclic) bond motifs is 1. The van der Waals surface area contributed by atoms with Crippen molar-refractivity contribution in [2.24, 2.45) is 5.41 Å². The van der Waals surface area contributed by atoms with Crippen LogP contribution in [0.15, 0.2) is 58.9 Å². The first-order valence-corrected chi connectivity index (χ1v) is 12.3. The summed E-state index contributed by atoms with van der Waals surface area (Å²) in [6, 6.07) is 11.4. The molecule has 3 aromatic rings. The van der Waals surface area contributed by atoms with Crippen molar-refractivity contribution in [3.63, 3.8) is 0 Å². The summed E-state index contributed by atoms with van der Waals surface area (Å²) in [7, 11) is 0. The molecule has 1 aliphatic carbocycles. The van der Waals surface area contributed by atoms with Gasteiger partial charge >= 0.3 is 0 Å². The van der Waals surface area contributed by atoms with Crippen LogP contribution >= 0.6 is 35.0 Å². The highest BCUT2D eigenvalue weighted by molar-refractivity contribution is 7.98. The second-order valence-corrected chi connectivity index (χ2v) is 10.9. The predicted molar refractivity (Wildman–Crippen MR) is 129 cm³/mol. The molecule has 0 unspecified atom stereocenters. The molecule has 1 atom stereocenters. The normalized spacial score (nSPS) is 19.2. The van der Waals surface area contributed by atoms with E-state index in [-0.39, 0.29) is 17.0 Å². The van der Waals surface area contributed by atoms with Gasteiger partial charge in [0.05, 0.1) is 0 Å². The van der Waals surface area contributed by atoms with Crippen molar-refractivity contribution in [1.82, 2.24) is 14.8 Å². The molecule has 0 saturated carbocycles. The van der Waals surface area contributed by atoms with Gasteiger partial charge in [-0.3, -0.25) is 4.79 Å². The molecule has 1 N–H and O–H groups in total. The molecular weight excluding hydrogens is 482 g/mol. The number of allylic oxidation sites excluding steroid dienone is 2. The van der Waals surface area contributed by atoms with Crippen LogP contribution in [0.25, 0.3) is 0 Å². The number of carbonyl (C=O) groups is 1. The lowest BCUT2D eigenvalue weighted by Crippen LogP contribution is -2.36. The van der Waals surface area contributed by atoms with Gasteiger partial charge < -0.3 is 5.32 Å². The van der Waals surface area contributed by atoms with Crippen molar-refractivity contribution in [2.75, 3.05) is 5.32 Å². The highest BCUT2D eigenvalue weighted by Gasteiger charge is 2.42. The Hall–Kier alpha value is -2.35. The number of nitrogens with one attached hydrogen (secondary N) is 1. The van der Waals surface area contributed by atoms with E-state index in [4.69, 9.17) is 23.2 Å². The lowest BCUT2D eigenvalue weighted by molar-refractivity contribution is -0.118. The van der Waals surface area contributed by atoms with Crippen molar-refractivity contribution in [1.29, 1.82) is 0 Å². The first-order valence-electron chi connectivity index (χ1n) is 10.5. The highest BCUT2D eigenvalue weighted by Crippen LogP contribution is 2.47. The largest absolute Gasteiger partial charge is 0.328 e. The van der Waals surface area contributed by atoms with E-state index in [0.717, 1.165) is 11.3 Å². The summed E-state index contributed by atoms with van der Waals surface area (Å²) in [5.41, 5.74) is 2.65. The number of nitrogens with zero attached hydrogens (tertiary/aromatic N) is 3. The molecule has 2 heterocycles. The van der Waals surface area contributed by atoms with E-state index in [9.17, 15) is 9.18 Å². The molecular formula is C24H21Cl2FN4OS. The average molecular weight is 503 g/mol. The fourth-order valence-corrected chi connectivity index (χ4v) is 5.75. The quantitative estimate of drug-likeness (QED) is 0.403. The first kappa shape index (κ1) is 22.4. The summed E-state index contributed by atoms with van der Waals surface area (Å²) in [5, 5.41) is 9.49. The van der Waals surface area contributed by atoms with E-state index >= 15 is 0 Å². The fraction of sp³-hybridized carbons (Fsp3) is 0.292. The van der Waals surface area contributed by atoms with E-state index in [1.807, 2.05) is 6.07 Å². The maximum absolute atomic E-state index is 14.1. The Balaban J connectivity index is 1.56. The highest BCUT2D eigenvalue weighted by atomic mass is 35.5. The predicted octanol–water partition coefficient (Wildman–Crippen LogP) is 6.67. The van der Waals surface area contributed by atoms with Gasteiger partial charge in [-0.05, 0) is 35.6 Å². The fourth-order valence-electron chi connectivity index (χ4n) is 4.42. The van der Waals surface area contributed by atoms with Gasteiger partial charge in [-0.1, -0.05) is 73.1 Å². The Morgan fingerprint density at radius 3 is 2.76 bits per heavy atom. The van der Waals surface area contributed by atoms with Gasteiger partial charge in [0.25, 0.3) is 0 Å². The summed E-state index contributed by atoms with van der Waals surface area (Å²) in [6.07, 6.45) is 1.15. The van der Waals surface area contributed by atoms with Crippen LogP contribution in [0.1, 0.15) is 43.9 Å². The van der Waals surface area contributed by atoms with Crippen LogP contribution in [0.3, 0.4) is 0 Å². The molecule has 5 rings (SSSR count). The third-order valence-electron chi connectivity index (χ3n) is 5.88. The number of ketones is 1. The van der Waals surface area contributed by atoms with Crippen LogP contribution < -0.4 is 5.32 Å². The molecule has 2 aromatic carbocycles. The Morgan fingerprint density at radius 2 is 2.00 bits per heavy atom.